The fourth-order valence-corrected chi connectivity index (χ4v) is 5.54. The second-order valence-electron chi connectivity index (χ2n) is 8.07. The molecule has 1 spiro atoms. The first-order chi connectivity index (χ1) is 13.4. The van der Waals surface area contributed by atoms with Gasteiger partial charge in [0.15, 0.2) is 0 Å². The van der Waals surface area contributed by atoms with Crippen LogP contribution in [0.15, 0.2) is 52.3 Å². The van der Waals surface area contributed by atoms with E-state index in [9.17, 15) is 13.2 Å². The zero-order valence-corrected chi connectivity index (χ0v) is 16.2. The minimum Gasteiger partial charge on any atom is -0.340 e. The van der Waals surface area contributed by atoms with Crippen molar-refractivity contribution in [1.29, 1.82) is 0 Å². The van der Waals surface area contributed by atoms with E-state index in [0.29, 0.717) is 17.6 Å². The summed E-state index contributed by atoms with van der Waals surface area (Å²) in [6.45, 7) is 6.22. The second-order valence-corrected chi connectivity index (χ2v) is 9.15. The molecule has 0 aromatic heterocycles. The molecule has 1 N–H and O–H groups in total. The van der Waals surface area contributed by atoms with E-state index in [2.05, 4.69) is 15.1 Å². The van der Waals surface area contributed by atoms with Crippen molar-refractivity contribution in [2.24, 2.45) is 5.41 Å². The summed E-state index contributed by atoms with van der Waals surface area (Å²) in [6, 6.07) is 12.1. The van der Waals surface area contributed by atoms with Crippen LogP contribution >= 0.6 is 11.8 Å². The summed E-state index contributed by atoms with van der Waals surface area (Å²) in [5.74, 6) is 0. The van der Waals surface area contributed by atoms with Gasteiger partial charge < -0.3 is 15.1 Å². The van der Waals surface area contributed by atoms with Gasteiger partial charge in [-0.1, -0.05) is 23.9 Å². The lowest BCUT2D eigenvalue weighted by Crippen LogP contribution is -2.71. The Morgan fingerprint density at radius 1 is 0.964 bits per heavy atom. The van der Waals surface area contributed by atoms with Gasteiger partial charge in [0.25, 0.3) is 0 Å². The maximum atomic E-state index is 13.3. The Balaban J connectivity index is 1.35. The third-order valence-electron chi connectivity index (χ3n) is 5.93. The molecule has 7 heteroatoms. The average molecular weight is 405 g/mol. The standard InChI is InChI=1S/C21H22F3N3S/c22-21(23,24)15-6-7-19-17(10-15)27(16-4-1-2-5-18(16)28-19)9-3-8-26-13-20(14-26)11-25-12-20/h1-2,4-7,10,25H,3,8-9,11-14H2. The number of rotatable bonds is 4. The fraction of sp³-hybridized carbons (Fsp3) is 0.429. The molecule has 0 bridgehead atoms. The van der Waals surface area contributed by atoms with Crippen LogP contribution in [0.1, 0.15) is 12.0 Å². The minimum atomic E-state index is -4.33. The van der Waals surface area contributed by atoms with E-state index in [4.69, 9.17) is 0 Å². The van der Waals surface area contributed by atoms with Gasteiger partial charge in [0.1, 0.15) is 0 Å². The van der Waals surface area contributed by atoms with Crippen molar-refractivity contribution in [1.82, 2.24) is 10.2 Å². The Kier molecular flexibility index (Phi) is 4.37. The van der Waals surface area contributed by atoms with E-state index in [1.807, 2.05) is 24.3 Å². The molecule has 0 amide bonds. The molecule has 3 aliphatic heterocycles. The molecule has 2 aromatic carbocycles. The number of fused-ring (bicyclic) bond motifs is 2. The van der Waals surface area contributed by atoms with Crippen LogP contribution in [-0.2, 0) is 6.18 Å². The molecule has 0 aliphatic carbocycles. The number of benzene rings is 2. The van der Waals surface area contributed by atoms with Crippen molar-refractivity contribution in [2.45, 2.75) is 22.4 Å². The molecule has 2 aromatic rings. The van der Waals surface area contributed by atoms with E-state index in [-0.39, 0.29) is 0 Å². The van der Waals surface area contributed by atoms with Crippen LogP contribution in [-0.4, -0.2) is 44.2 Å². The van der Waals surface area contributed by atoms with Crippen LogP contribution in [0.3, 0.4) is 0 Å². The molecule has 3 aliphatic rings. The average Bonchev–Trinajstić information content (AvgIpc) is 2.60. The van der Waals surface area contributed by atoms with Crippen LogP contribution < -0.4 is 10.2 Å². The first-order valence-corrected chi connectivity index (χ1v) is 10.4. The number of para-hydroxylation sites is 1. The Hall–Kier alpha value is -1.70. The smallest absolute Gasteiger partial charge is 0.340 e. The summed E-state index contributed by atoms with van der Waals surface area (Å²) in [5, 5.41) is 3.34. The van der Waals surface area contributed by atoms with Crippen LogP contribution in [0.2, 0.25) is 0 Å². The van der Waals surface area contributed by atoms with Gasteiger partial charge >= 0.3 is 6.18 Å². The molecule has 2 fully saturated rings. The van der Waals surface area contributed by atoms with E-state index in [1.165, 1.54) is 12.1 Å². The molecule has 0 atom stereocenters. The predicted octanol–water partition coefficient (Wildman–Crippen LogP) is 4.60. The van der Waals surface area contributed by atoms with Crippen LogP contribution in [0.4, 0.5) is 24.5 Å². The molecule has 148 valence electrons. The van der Waals surface area contributed by atoms with E-state index < -0.39 is 11.7 Å². The summed E-state index contributed by atoms with van der Waals surface area (Å²) < 4.78 is 39.8. The molecule has 3 heterocycles. The molecule has 0 radical (unpaired) electrons. The lowest BCUT2D eigenvalue weighted by Gasteiger charge is -2.56. The maximum absolute atomic E-state index is 13.3. The zero-order chi connectivity index (χ0) is 19.4. The lowest BCUT2D eigenvalue weighted by atomic mass is 9.74. The van der Waals surface area contributed by atoms with Crippen molar-refractivity contribution in [3.63, 3.8) is 0 Å². The Labute approximate surface area is 166 Å². The second kappa shape index (κ2) is 6.68. The SMILES string of the molecule is FC(F)(F)c1ccc2c(c1)N(CCCN1CC3(CNC3)C1)c1ccccc1S2. The Morgan fingerprint density at radius 3 is 2.43 bits per heavy atom. The Morgan fingerprint density at radius 2 is 1.71 bits per heavy atom. The molecule has 0 saturated carbocycles. The highest BCUT2D eigenvalue weighted by Crippen LogP contribution is 2.49. The molecule has 0 unspecified atom stereocenters. The van der Waals surface area contributed by atoms with Crippen LogP contribution in [0.5, 0.6) is 0 Å². The van der Waals surface area contributed by atoms with Gasteiger partial charge in [-0.2, -0.15) is 13.2 Å². The number of likely N-dealkylation sites (tertiary alicyclic amines) is 1. The lowest BCUT2D eigenvalue weighted by molar-refractivity contribution is -0.137. The highest BCUT2D eigenvalue weighted by atomic mass is 32.2. The summed E-state index contributed by atoms with van der Waals surface area (Å²) >= 11 is 1.54. The number of hydrogen-bond acceptors (Lipinski definition) is 4. The molecule has 28 heavy (non-hydrogen) atoms. The Bertz CT molecular complexity index is 887. The summed E-state index contributed by atoms with van der Waals surface area (Å²) in [7, 11) is 0. The van der Waals surface area contributed by atoms with Crippen molar-refractivity contribution >= 4 is 23.1 Å². The van der Waals surface area contributed by atoms with Crippen molar-refractivity contribution < 1.29 is 13.2 Å². The van der Waals surface area contributed by atoms with Gasteiger partial charge in [0.2, 0.25) is 0 Å². The fourth-order valence-electron chi connectivity index (χ4n) is 4.46. The van der Waals surface area contributed by atoms with Crippen LogP contribution in [0, 0.1) is 5.41 Å². The number of nitrogens with zero attached hydrogens (tertiary/aromatic N) is 2. The first kappa shape index (κ1) is 18.3. The minimum absolute atomic E-state index is 0.503. The topological polar surface area (TPSA) is 18.5 Å². The third-order valence-corrected chi connectivity index (χ3v) is 7.06. The normalized spacial score (nSPS) is 20.3. The summed E-state index contributed by atoms with van der Waals surface area (Å²) in [4.78, 5) is 6.50. The highest BCUT2D eigenvalue weighted by Gasteiger charge is 2.46. The van der Waals surface area contributed by atoms with E-state index >= 15 is 0 Å². The number of anilines is 2. The number of hydrogen-bond donors (Lipinski definition) is 1. The van der Waals surface area contributed by atoms with Crippen molar-refractivity contribution in [2.75, 3.05) is 44.2 Å². The zero-order valence-electron chi connectivity index (χ0n) is 15.4. The highest BCUT2D eigenvalue weighted by molar-refractivity contribution is 7.99. The maximum Gasteiger partial charge on any atom is 0.416 e. The number of halogens is 3. The molecule has 2 saturated heterocycles. The molecular weight excluding hydrogens is 383 g/mol. The van der Waals surface area contributed by atoms with Gasteiger partial charge in [0, 0.05) is 47.9 Å². The van der Waals surface area contributed by atoms with Gasteiger partial charge in [-0.25, -0.2) is 0 Å². The van der Waals surface area contributed by atoms with Gasteiger partial charge in [-0.15, -0.1) is 0 Å². The third kappa shape index (κ3) is 3.19. The predicted molar refractivity (Wildman–Crippen MR) is 105 cm³/mol. The van der Waals surface area contributed by atoms with Gasteiger partial charge in [-0.05, 0) is 43.3 Å². The van der Waals surface area contributed by atoms with Crippen LogP contribution in [0.25, 0.3) is 0 Å². The first-order valence-electron chi connectivity index (χ1n) is 9.62. The van der Waals surface area contributed by atoms with Gasteiger partial charge in [0.05, 0.1) is 16.9 Å². The van der Waals surface area contributed by atoms with E-state index in [0.717, 1.165) is 54.6 Å². The number of nitrogens with one attached hydrogen (secondary N) is 1. The monoisotopic (exact) mass is 405 g/mol. The van der Waals surface area contributed by atoms with Crippen molar-refractivity contribution in [3.05, 3.63) is 48.0 Å². The largest absolute Gasteiger partial charge is 0.416 e. The molecule has 3 nitrogen and oxygen atoms in total. The van der Waals surface area contributed by atoms with Gasteiger partial charge in [-0.3, -0.25) is 0 Å². The van der Waals surface area contributed by atoms with E-state index in [1.54, 1.807) is 17.8 Å². The van der Waals surface area contributed by atoms with Crippen molar-refractivity contribution in [3.8, 4) is 0 Å². The molecular formula is C21H22F3N3S. The summed E-state index contributed by atoms with van der Waals surface area (Å²) in [6.07, 6.45) is -3.40. The summed E-state index contributed by atoms with van der Waals surface area (Å²) in [5.41, 5.74) is 1.59. The molecule has 5 rings (SSSR count). The number of alkyl halides is 3. The quantitative estimate of drug-likeness (QED) is 0.801.